The SMILES string of the molecule is CCC(C)OCC(O)c1ccccc1. The Kier molecular flexibility index (Phi) is 4.63. The van der Waals surface area contributed by atoms with E-state index in [1.165, 1.54) is 0 Å². The Morgan fingerprint density at radius 1 is 1.29 bits per heavy atom. The van der Waals surface area contributed by atoms with Crippen molar-refractivity contribution < 1.29 is 9.84 Å². The van der Waals surface area contributed by atoms with Crippen LogP contribution in [-0.4, -0.2) is 17.8 Å². The summed E-state index contributed by atoms with van der Waals surface area (Å²) in [6, 6.07) is 9.59. The van der Waals surface area contributed by atoms with E-state index in [2.05, 4.69) is 6.92 Å². The van der Waals surface area contributed by atoms with Gasteiger partial charge in [-0.3, -0.25) is 0 Å². The average molecular weight is 194 g/mol. The topological polar surface area (TPSA) is 29.5 Å². The fourth-order valence-electron chi connectivity index (χ4n) is 1.14. The van der Waals surface area contributed by atoms with Crippen LogP contribution in [0.5, 0.6) is 0 Å². The van der Waals surface area contributed by atoms with E-state index in [0.717, 1.165) is 12.0 Å². The van der Waals surface area contributed by atoms with Crippen LogP contribution in [0.4, 0.5) is 0 Å². The second-order valence-corrected chi connectivity index (χ2v) is 3.48. The van der Waals surface area contributed by atoms with Crippen LogP contribution in [0.2, 0.25) is 0 Å². The van der Waals surface area contributed by atoms with E-state index in [1.54, 1.807) is 0 Å². The van der Waals surface area contributed by atoms with Crippen molar-refractivity contribution in [1.29, 1.82) is 0 Å². The molecule has 0 heterocycles. The standard InChI is InChI=1S/C12H18O2/c1-3-10(2)14-9-12(13)11-7-5-4-6-8-11/h4-8,10,12-13H,3,9H2,1-2H3. The summed E-state index contributed by atoms with van der Waals surface area (Å²) in [4.78, 5) is 0. The van der Waals surface area contributed by atoms with Gasteiger partial charge < -0.3 is 9.84 Å². The highest BCUT2D eigenvalue weighted by Gasteiger charge is 2.08. The summed E-state index contributed by atoms with van der Waals surface area (Å²) in [5.41, 5.74) is 0.913. The molecule has 1 aromatic carbocycles. The molecule has 0 bridgehead atoms. The molecule has 0 aliphatic rings. The quantitative estimate of drug-likeness (QED) is 0.780. The van der Waals surface area contributed by atoms with Crippen LogP contribution in [0.3, 0.4) is 0 Å². The second kappa shape index (κ2) is 5.78. The summed E-state index contributed by atoms with van der Waals surface area (Å²) in [5, 5.41) is 9.74. The average Bonchev–Trinajstić information content (AvgIpc) is 2.26. The van der Waals surface area contributed by atoms with Crippen LogP contribution in [0, 0.1) is 0 Å². The number of rotatable bonds is 5. The maximum Gasteiger partial charge on any atom is 0.102 e. The fourth-order valence-corrected chi connectivity index (χ4v) is 1.14. The van der Waals surface area contributed by atoms with Crippen LogP contribution in [0.1, 0.15) is 31.9 Å². The van der Waals surface area contributed by atoms with Crippen molar-refractivity contribution in [3.8, 4) is 0 Å². The summed E-state index contributed by atoms with van der Waals surface area (Å²) in [6.07, 6.45) is 0.681. The zero-order valence-corrected chi connectivity index (χ0v) is 8.81. The number of hydrogen-bond donors (Lipinski definition) is 1. The third-order valence-electron chi connectivity index (χ3n) is 2.30. The van der Waals surface area contributed by atoms with E-state index in [0.29, 0.717) is 6.61 Å². The minimum Gasteiger partial charge on any atom is -0.386 e. The van der Waals surface area contributed by atoms with E-state index in [9.17, 15) is 5.11 Å². The predicted octanol–water partition coefficient (Wildman–Crippen LogP) is 2.54. The smallest absolute Gasteiger partial charge is 0.102 e. The molecule has 0 aromatic heterocycles. The molecule has 1 aromatic rings. The van der Waals surface area contributed by atoms with Crippen LogP contribution in [-0.2, 0) is 4.74 Å². The predicted molar refractivity (Wildman–Crippen MR) is 57.1 cm³/mol. The number of ether oxygens (including phenoxy) is 1. The molecule has 0 spiro atoms. The number of aliphatic hydroxyl groups is 1. The monoisotopic (exact) mass is 194 g/mol. The molecule has 14 heavy (non-hydrogen) atoms. The first-order chi connectivity index (χ1) is 6.74. The molecule has 0 radical (unpaired) electrons. The van der Waals surface area contributed by atoms with E-state index in [-0.39, 0.29) is 6.10 Å². The first-order valence-electron chi connectivity index (χ1n) is 5.08. The lowest BCUT2D eigenvalue weighted by Crippen LogP contribution is -2.13. The molecule has 0 amide bonds. The van der Waals surface area contributed by atoms with Gasteiger partial charge in [0.15, 0.2) is 0 Å². The molecule has 2 unspecified atom stereocenters. The Labute approximate surface area is 85.5 Å². The largest absolute Gasteiger partial charge is 0.386 e. The van der Waals surface area contributed by atoms with Crippen LogP contribution in [0.25, 0.3) is 0 Å². The van der Waals surface area contributed by atoms with Gasteiger partial charge in [-0.05, 0) is 18.9 Å². The van der Waals surface area contributed by atoms with Crippen molar-refractivity contribution in [3.05, 3.63) is 35.9 Å². The molecule has 0 aliphatic heterocycles. The highest BCUT2D eigenvalue weighted by Crippen LogP contribution is 2.13. The lowest BCUT2D eigenvalue weighted by Gasteiger charge is -2.15. The molecule has 0 saturated heterocycles. The van der Waals surface area contributed by atoms with E-state index >= 15 is 0 Å². The van der Waals surface area contributed by atoms with Gasteiger partial charge in [0.05, 0.1) is 12.7 Å². The van der Waals surface area contributed by atoms with Crippen molar-refractivity contribution in [2.45, 2.75) is 32.5 Å². The summed E-state index contributed by atoms with van der Waals surface area (Å²) in [5.74, 6) is 0. The third-order valence-corrected chi connectivity index (χ3v) is 2.30. The molecule has 0 fully saturated rings. The van der Waals surface area contributed by atoms with Gasteiger partial charge in [-0.2, -0.15) is 0 Å². The Morgan fingerprint density at radius 3 is 2.50 bits per heavy atom. The second-order valence-electron chi connectivity index (χ2n) is 3.48. The molecule has 1 rings (SSSR count). The molecule has 0 saturated carbocycles. The van der Waals surface area contributed by atoms with Gasteiger partial charge in [0.2, 0.25) is 0 Å². The van der Waals surface area contributed by atoms with Gasteiger partial charge in [0.25, 0.3) is 0 Å². The lowest BCUT2D eigenvalue weighted by atomic mass is 10.1. The minimum atomic E-state index is -0.509. The van der Waals surface area contributed by atoms with Crippen molar-refractivity contribution in [3.63, 3.8) is 0 Å². The van der Waals surface area contributed by atoms with Gasteiger partial charge >= 0.3 is 0 Å². The van der Waals surface area contributed by atoms with E-state index in [4.69, 9.17) is 4.74 Å². The highest BCUT2D eigenvalue weighted by atomic mass is 16.5. The zero-order valence-electron chi connectivity index (χ0n) is 8.81. The molecular weight excluding hydrogens is 176 g/mol. The minimum absolute atomic E-state index is 0.216. The third kappa shape index (κ3) is 3.48. The maximum absolute atomic E-state index is 9.74. The first kappa shape index (κ1) is 11.2. The normalized spacial score (nSPS) is 15.1. The van der Waals surface area contributed by atoms with Gasteiger partial charge in [-0.15, -0.1) is 0 Å². The summed E-state index contributed by atoms with van der Waals surface area (Å²) >= 11 is 0. The molecule has 1 N–H and O–H groups in total. The molecule has 78 valence electrons. The molecule has 2 atom stereocenters. The van der Waals surface area contributed by atoms with Gasteiger partial charge in [-0.1, -0.05) is 37.3 Å². The van der Waals surface area contributed by atoms with Crippen molar-refractivity contribution >= 4 is 0 Å². The number of benzene rings is 1. The first-order valence-corrected chi connectivity index (χ1v) is 5.08. The maximum atomic E-state index is 9.74. The van der Waals surface area contributed by atoms with Gasteiger partial charge in [0, 0.05) is 0 Å². The Morgan fingerprint density at radius 2 is 1.93 bits per heavy atom. The zero-order chi connectivity index (χ0) is 10.4. The summed E-state index contributed by atoms with van der Waals surface area (Å²) in [6.45, 7) is 4.45. The van der Waals surface area contributed by atoms with Crippen molar-refractivity contribution in [2.24, 2.45) is 0 Å². The number of aliphatic hydroxyl groups excluding tert-OH is 1. The van der Waals surface area contributed by atoms with Crippen LogP contribution in [0.15, 0.2) is 30.3 Å². The Balaban J connectivity index is 2.39. The van der Waals surface area contributed by atoms with Gasteiger partial charge in [0.1, 0.15) is 6.10 Å². The Hall–Kier alpha value is -0.860. The van der Waals surface area contributed by atoms with Crippen LogP contribution < -0.4 is 0 Å². The molecule has 2 nitrogen and oxygen atoms in total. The number of hydrogen-bond acceptors (Lipinski definition) is 2. The van der Waals surface area contributed by atoms with Crippen molar-refractivity contribution in [2.75, 3.05) is 6.61 Å². The van der Waals surface area contributed by atoms with Crippen LogP contribution >= 0.6 is 0 Å². The van der Waals surface area contributed by atoms with E-state index < -0.39 is 6.10 Å². The lowest BCUT2D eigenvalue weighted by molar-refractivity contribution is -0.00374. The summed E-state index contributed by atoms with van der Waals surface area (Å²) < 4.78 is 5.46. The fraction of sp³-hybridized carbons (Fsp3) is 0.500. The van der Waals surface area contributed by atoms with E-state index in [1.807, 2.05) is 37.3 Å². The van der Waals surface area contributed by atoms with Crippen molar-refractivity contribution in [1.82, 2.24) is 0 Å². The summed E-state index contributed by atoms with van der Waals surface area (Å²) in [7, 11) is 0. The highest BCUT2D eigenvalue weighted by molar-refractivity contribution is 5.17. The molecule has 0 aliphatic carbocycles. The van der Waals surface area contributed by atoms with Gasteiger partial charge in [-0.25, -0.2) is 0 Å². The molecule has 2 heteroatoms. The molecular formula is C12H18O2. The Bertz CT molecular complexity index is 246.